The number of nitrogens with one attached hydrogen (secondary N) is 1. The number of carbonyl (C=O) groups excluding carboxylic acids is 2. The molecule has 1 fully saturated rings. The van der Waals surface area contributed by atoms with Crippen LogP contribution in [-0.2, 0) is 16.0 Å². The summed E-state index contributed by atoms with van der Waals surface area (Å²) < 4.78 is 0.745. The van der Waals surface area contributed by atoms with Crippen LogP contribution in [0.1, 0.15) is 17.2 Å². The van der Waals surface area contributed by atoms with Gasteiger partial charge in [-0.25, -0.2) is 5.01 Å². The summed E-state index contributed by atoms with van der Waals surface area (Å²) in [7, 11) is 0. The van der Waals surface area contributed by atoms with Gasteiger partial charge in [-0.1, -0.05) is 46.3 Å². The van der Waals surface area contributed by atoms with Gasteiger partial charge in [0.2, 0.25) is 5.91 Å². The normalized spacial score (nSPS) is 19.8. The molecule has 1 aliphatic rings. The van der Waals surface area contributed by atoms with Crippen molar-refractivity contribution in [1.82, 2.24) is 10.4 Å². The van der Waals surface area contributed by atoms with Crippen LogP contribution >= 0.6 is 27.5 Å². The third-order valence-electron chi connectivity index (χ3n) is 3.79. The second kappa shape index (κ2) is 6.83. The van der Waals surface area contributed by atoms with Gasteiger partial charge in [0.05, 0.1) is 6.42 Å². The predicted octanol–water partition coefficient (Wildman–Crippen LogP) is 2.92. The number of nitrogens with zero attached hydrogens (tertiary/aromatic N) is 1. The summed E-state index contributed by atoms with van der Waals surface area (Å²) >= 11 is 9.42. The minimum Gasteiger partial charge on any atom is -0.508 e. The number of amides is 2. The average molecular weight is 410 g/mol. The van der Waals surface area contributed by atoms with Gasteiger partial charge in [0, 0.05) is 10.0 Å². The van der Waals surface area contributed by atoms with Gasteiger partial charge in [-0.05, 0) is 23.8 Å². The lowest BCUT2D eigenvalue weighted by Crippen LogP contribution is -2.63. The molecule has 7 heteroatoms. The molecule has 124 valence electrons. The third-order valence-corrected chi connectivity index (χ3v) is 4.71. The standard InChI is InChI=1S/C17H14BrClN2O3/c18-11-6-7-13(22)12(9-11)16-15(19)17(24)21(16)20-14(23)8-10-4-2-1-3-5-10/h1-7,9,15-16,22H,8H2,(H,20,23)/t15-,16-/m0/s1. The molecule has 0 saturated carbocycles. The van der Waals surface area contributed by atoms with E-state index in [0.29, 0.717) is 5.56 Å². The van der Waals surface area contributed by atoms with E-state index in [0.717, 1.165) is 10.0 Å². The fourth-order valence-corrected chi connectivity index (χ4v) is 3.32. The zero-order valence-corrected chi connectivity index (χ0v) is 14.8. The molecule has 2 N–H and O–H groups in total. The van der Waals surface area contributed by atoms with Crippen molar-refractivity contribution in [2.24, 2.45) is 0 Å². The molecule has 3 rings (SSSR count). The van der Waals surface area contributed by atoms with E-state index in [9.17, 15) is 14.7 Å². The number of phenolic OH excluding ortho intramolecular Hbond substituents is 1. The summed E-state index contributed by atoms with van der Waals surface area (Å²) in [6.45, 7) is 0. The molecule has 24 heavy (non-hydrogen) atoms. The van der Waals surface area contributed by atoms with Crippen molar-refractivity contribution in [3.63, 3.8) is 0 Å². The monoisotopic (exact) mass is 408 g/mol. The lowest BCUT2D eigenvalue weighted by Gasteiger charge is -2.44. The summed E-state index contributed by atoms with van der Waals surface area (Å²) in [4.78, 5) is 24.2. The van der Waals surface area contributed by atoms with Gasteiger partial charge in [0.15, 0.2) is 0 Å². The zero-order valence-electron chi connectivity index (χ0n) is 12.4. The van der Waals surface area contributed by atoms with Crippen LogP contribution in [0.4, 0.5) is 0 Å². The number of rotatable bonds is 4. The van der Waals surface area contributed by atoms with Crippen molar-refractivity contribution >= 4 is 39.3 Å². The van der Waals surface area contributed by atoms with Crippen molar-refractivity contribution in [3.05, 3.63) is 64.1 Å². The maximum Gasteiger partial charge on any atom is 0.262 e. The minimum absolute atomic E-state index is 0.0173. The first-order chi connectivity index (χ1) is 11.5. The SMILES string of the molecule is O=C(Cc1ccccc1)NN1C(=O)[C@@H](Cl)[C@@H]1c1cc(Br)ccc1O. The number of hydrogen-bond donors (Lipinski definition) is 2. The molecule has 2 atom stereocenters. The molecule has 1 aliphatic heterocycles. The second-order valence-corrected chi connectivity index (χ2v) is 6.84. The molecular weight excluding hydrogens is 396 g/mol. The molecule has 0 radical (unpaired) electrons. The number of aromatic hydroxyl groups is 1. The van der Waals surface area contributed by atoms with Gasteiger partial charge < -0.3 is 5.11 Å². The first kappa shape index (κ1) is 16.8. The second-order valence-electron chi connectivity index (χ2n) is 5.46. The third kappa shape index (κ3) is 3.25. The number of hydrogen-bond acceptors (Lipinski definition) is 3. The van der Waals surface area contributed by atoms with Crippen molar-refractivity contribution in [1.29, 1.82) is 0 Å². The molecule has 2 amide bonds. The lowest BCUT2D eigenvalue weighted by atomic mass is 9.94. The molecule has 0 unspecified atom stereocenters. The highest BCUT2D eigenvalue weighted by Crippen LogP contribution is 2.41. The van der Waals surface area contributed by atoms with Crippen LogP contribution in [0, 0.1) is 0 Å². The summed E-state index contributed by atoms with van der Waals surface area (Å²) in [6.07, 6.45) is 0.148. The number of halogens is 2. The highest BCUT2D eigenvalue weighted by Gasteiger charge is 2.49. The topological polar surface area (TPSA) is 69.6 Å². The van der Waals surface area contributed by atoms with Crippen LogP contribution in [0.15, 0.2) is 53.0 Å². The summed E-state index contributed by atoms with van der Waals surface area (Å²) in [5.41, 5.74) is 3.89. The highest BCUT2D eigenvalue weighted by atomic mass is 79.9. The predicted molar refractivity (Wildman–Crippen MR) is 93.3 cm³/mol. The van der Waals surface area contributed by atoms with E-state index in [1.807, 2.05) is 30.3 Å². The first-order valence-corrected chi connectivity index (χ1v) is 8.49. The Morgan fingerprint density at radius 2 is 1.96 bits per heavy atom. The van der Waals surface area contributed by atoms with E-state index < -0.39 is 17.3 Å². The molecule has 0 spiro atoms. The minimum atomic E-state index is -0.831. The van der Waals surface area contributed by atoms with Crippen molar-refractivity contribution in [3.8, 4) is 5.75 Å². The molecule has 1 heterocycles. The Bertz CT molecular complexity index is 785. The van der Waals surface area contributed by atoms with Crippen LogP contribution < -0.4 is 5.43 Å². The number of carbonyl (C=O) groups is 2. The summed E-state index contributed by atoms with van der Waals surface area (Å²) in [5, 5.41) is 10.4. The zero-order chi connectivity index (χ0) is 17.3. The number of β-lactam (4-membered cyclic amide) rings is 1. The van der Waals surface area contributed by atoms with Crippen LogP contribution in [0.25, 0.3) is 0 Å². The Hall–Kier alpha value is -2.05. The molecule has 0 aromatic heterocycles. The van der Waals surface area contributed by atoms with Crippen LogP contribution in [0.5, 0.6) is 5.75 Å². The fraction of sp³-hybridized carbons (Fsp3) is 0.176. The first-order valence-electron chi connectivity index (χ1n) is 7.26. The van der Waals surface area contributed by atoms with Gasteiger partial charge in [-0.3, -0.25) is 15.0 Å². The van der Waals surface area contributed by atoms with Gasteiger partial charge >= 0.3 is 0 Å². The van der Waals surface area contributed by atoms with Gasteiger partial charge in [-0.15, -0.1) is 11.6 Å². The largest absolute Gasteiger partial charge is 0.508 e. The Labute approximate surface area is 152 Å². The smallest absolute Gasteiger partial charge is 0.262 e. The summed E-state index contributed by atoms with van der Waals surface area (Å²) in [5.74, 6) is -0.705. The molecule has 2 aromatic rings. The van der Waals surface area contributed by atoms with Gasteiger partial charge in [0.25, 0.3) is 5.91 Å². The Kier molecular flexibility index (Phi) is 4.78. The molecule has 2 aromatic carbocycles. The maximum absolute atomic E-state index is 12.2. The molecule has 0 bridgehead atoms. The molecule has 5 nitrogen and oxygen atoms in total. The number of benzene rings is 2. The highest BCUT2D eigenvalue weighted by molar-refractivity contribution is 9.10. The molecule has 1 saturated heterocycles. The van der Waals surface area contributed by atoms with E-state index in [2.05, 4.69) is 21.4 Å². The van der Waals surface area contributed by atoms with E-state index in [-0.39, 0.29) is 18.1 Å². The lowest BCUT2D eigenvalue weighted by molar-refractivity contribution is -0.156. The van der Waals surface area contributed by atoms with Crippen molar-refractivity contribution in [2.45, 2.75) is 17.8 Å². The van der Waals surface area contributed by atoms with Crippen LogP contribution in [0.2, 0.25) is 0 Å². The fourth-order valence-electron chi connectivity index (χ4n) is 2.59. The van der Waals surface area contributed by atoms with Crippen LogP contribution in [0.3, 0.4) is 0 Å². The maximum atomic E-state index is 12.2. The van der Waals surface area contributed by atoms with Gasteiger partial charge in [-0.2, -0.15) is 0 Å². The Morgan fingerprint density at radius 1 is 1.25 bits per heavy atom. The summed E-state index contributed by atoms with van der Waals surface area (Å²) in [6, 6.07) is 13.5. The van der Waals surface area contributed by atoms with Crippen molar-refractivity contribution < 1.29 is 14.7 Å². The van der Waals surface area contributed by atoms with Gasteiger partial charge in [0.1, 0.15) is 17.2 Å². The van der Waals surface area contributed by atoms with E-state index in [4.69, 9.17) is 11.6 Å². The Morgan fingerprint density at radius 3 is 2.67 bits per heavy atom. The number of hydrazine groups is 1. The van der Waals surface area contributed by atoms with E-state index in [1.165, 1.54) is 11.1 Å². The van der Waals surface area contributed by atoms with Crippen molar-refractivity contribution in [2.75, 3.05) is 0 Å². The Balaban J connectivity index is 1.75. The van der Waals surface area contributed by atoms with E-state index >= 15 is 0 Å². The molecular formula is C17H14BrClN2O3. The quantitative estimate of drug-likeness (QED) is 0.602. The molecule has 0 aliphatic carbocycles. The average Bonchev–Trinajstić information content (AvgIpc) is 2.58. The van der Waals surface area contributed by atoms with E-state index in [1.54, 1.807) is 12.1 Å². The number of alkyl halides is 1. The van der Waals surface area contributed by atoms with Crippen LogP contribution in [-0.4, -0.2) is 27.3 Å². The number of phenols is 1.